The molecule has 1 heterocycles. The smallest absolute Gasteiger partial charge is 0.410 e. The van der Waals surface area contributed by atoms with Gasteiger partial charge in [-0.05, 0) is 38.5 Å². The first-order chi connectivity index (χ1) is 16.7. The van der Waals surface area contributed by atoms with Crippen LogP contribution in [0.25, 0.3) is 11.3 Å². The van der Waals surface area contributed by atoms with Crippen LogP contribution < -0.4 is 0 Å². The van der Waals surface area contributed by atoms with Crippen LogP contribution in [-0.2, 0) is 22.6 Å². The third-order valence-electron chi connectivity index (χ3n) is 4.81. The summed E-state index contributed by atoms with van der Waals surface area (Å²) in [4.78, 5) is 35.0. The number of terminal acetylenes is 1. The fourth-order valence-corrected chi connectivity index (χ4v) is 3.46. The van der Waals surface area contributed by atoms with Crippen molar-refractivity contribution in [3.8, 4) is 23.6 Å². The number of imidazole rings is 1. The molecule has 0 saturated heterocycles. The van der Waals surface area contributed by atoms with Crippen LogP contribution in [0.1, 0.15) is 49.1 Å². The lowest BCUT2D eigenvalue weighted by Gasteiger charge is -2.26. The molecule has 35 heavy (non-hydrogen) atoms. The summed E-state index contributed by atoms with van der Waals surface area (Å²) in [5.74, 6) is 2.41. The first kappa shape index (κ1) is 26.0. The molecule has 0 aliphatic carbocycles. The van der Waals surface area contributed by atoms with Crippen molar-refractivity contribution in [3.63, 3.8) is 0 Å². The Kier molecular flexibility index (Phi) is 8.72. The second-order valence-electron chi connectivity index (χ2n) is 8.83. The number of rotatable bonds is 8. The minimum Gasteiger partial charge on any atom is -0.456 e. The van der Waals surface area contributed by atoms with Gasteiger partial charge in [0, 0.05) is 23.0 Å². The molecule has 0 aliphatic heterocycles. The van der Waals surface area contributed by atoms with E-state index in [2.05, 4.69) is 31.8 Å². The van der Waals surface area contributed by atoms with E-state index in [0.29, 0.717) is 17.9 Å². The molecule has 1 aromatic heterocycles. The Labute approximate surface area is 214 Å². The molecule has 0 unspecified atom stereocenters. The zero-order chi connectivity index (χ0) is 25.4. The second kappa shape index (κ2) is 11.7. The molecule has 3 aromatic rings. The van der Waals surface area contributed by atoms with E-state index in [1.807, 2.05) is 54.6 Å². The van der Waals surface area contributed by atoms with Crippen molar-refractivity contribution in [1.29, 1.82) is 0 Å². The Morgan fingerprint density at radius 1 is 1.11 bits per heavy atom. The monoisotopic (exact) mass is 537 g/mol. The summed E-state index contributed by atoms with van der Waals surface area (Å²) in [5.41, 5.74) is 1.58. The molecule has 8 heteroatoms. The van der Waals surface area contributed by atoms with Gasteiger partial charge in [0.25, 0.3) is 0 Å². The SMILES string of the molecule is C#CCCN(Cc1nc(-c2ccc(Br)cc2)c(C(=O)OCc2ccccc2)[nH]1)C(=O)OC(C)(C)C. The topological polar surface area (TPSA) is 84.5 Å². The maximum atomic E-state index is 13.0. The van der Waals surface area contributed by atoms with Crippen LogP contribution in [0.15, 0.2) is 59.1 Å². The van der Waals surface area contributed by atoms with Gasteiger partial charge in [-0.25, -0.2) is 14.6 Å². The Balaban J connectivity index is 1.89. The number of amides is 1. The summed E-state index contributed by atoms with van der Waals surface area (Å²) in [6.45, 7) is 5.89. The Morgan fingerprint density at radius 2 is 1.80 bits per heavy atom. The number of hydrogen-bond donors (Lipinski definition) is 1. The third-order valence-corrected chi connectivity index (χ3v) is 5.33. The first-order valence-corrected chi connectivity index (χ1v) is 11.9. The number of aromatic amines is 1. The Hall–Kier alpha value is -3.57. The number of nitrogens with one attached hydrogen (secondary N) is 1. The minimum atomic E-state index is -0.663. The Bertz CT molecular complexity index is 1190. The number of H-pyrrole nitrogens is 1. The van der Waals surface area contributed by atoms with Crippen LogP contribution in [0.3, 0.4) is 0 Å². The average Bonchev–Trinajstić information content (AvgIpc) is 3.24. The summed E-state index contributed by atoms with van der Waals surface area (Å²) < 4.78 is 12.0. The molecule has 1 amide bonds. The number of esters is 1. The molecule has 0 atom stereocenters. The number of nitrogens with zero attached hydrogens (tertiary/aromatic N) is 2. The van der Waals surface area contributed by atoms with Crippen LogP contribution in [0.5, 0.6) is 0 Å². The summed E-state index contributed by atoms with van der Waals surface area (Å²) >= 11 is 3.42. The minimum absolute atomic E-state index is 0.0894. The van der Waals surface area contributed by atoms with E-state index in [0.717, 1.165) is 15.6 Å². The van der Waals surface area contributed by atoms with Crippen LogP contribution in [0, 0.1) is 12.3 Å². The van der Waals surface area contributed by atoms with Gasteiger partial charge < -0.3 is 14.5 Å². The van der Waals surface area contributed by atoms with Crippen molar-refractivity contribution in [2.75, 3.05) is 6.54 Å². The average molecular weight is 538 g/mol. The van der Waals surface area contributed by atoms with Gasteiger partial charge >= 0.3 is 12.1 Å². The molecular formula is C27H28BrN3O4. The number of ether oxygens (including phenoxy) is 2. The molecule has 0 bridgehead atoms. The normalized spacial score (nSPS) is 10.9. The van der Waals surface area contributed by atoms with Crippen LogP contribution >= 0.6 is 15.9 Å². The van der Waals surface area contributed by atoms with Crippen molar-refractivity contribution in [2.24, 2.45) is 0 Å². The lowest BCUT2D eigenvalue weighted by molar-refractivity contribution is 0.0233. The van der Waals surface area contributed by atoms with Gasteiger partial charge in [0.1, 0.15) is 23.7 Å². The first-order valence-electron chi connectivity index (χ1n) is 11.1. The van der Waals surface area contributed by atoms with Crippen molar-refractivity contribution < 1.29 is 19.1 Å². The standard InChI is InChI=1S/C27H28BrN3O4/c1-5-6-16-31(26(33)35-27(2,3)4)17-22-29-23(20-12-14-21(28)15-13-20)24(30-22)25(32)34-18-19-10-8-7-9-11-19/h1,7-15H,6,16-18H2,2-4H3,(H,29,30). The molecule has 2 aromatic carbocycles. The van der Waals surface area contributed by atoms with Crippen LogP contribution in [0.4, 0.5) is 4.79 Å². The number of aromatic nitrogens is 2. The van der Waals surface area contributed by atoms with Crippen molar-refractivity contribution >= 4 is 28.0 Å². The highest BCUT2D eigenvalue weighted by atomic mass is 79.9. The highest BCUT2D eigenvalue weighted by Gasteiger charge is 2.25. The molecule has 0 spiro atoms. The number of benzene rings is 2. The number of carbonyl (C=O) groups excluding carboxylic acids is 2. The summed E-state index contributed by atoms with van der Waals surface area (Å²) in [7, 11) is 0. The molecule has 1 N–H and O–H groups in total. The van der Waals surface area contributed by atoms with Gasteiger partial charge in [0.2, 0.25) is 0 Å². The van der Waals surface area contributed by atoms with E-state index in [-0.39, 0.29) is 25.4 Å². The van der Waals surface area contributed by atoms with Gasteiger partial charge in [-0.15, -0.1) is 12.3 Å². The fraction of sp³-hybridized carbons (Fsp3) is 0.296. The van der Waals surface area contributed by atoms with E-state index < -0.39 is 17.7 Å². The molecule has 0 fully saturated rings. The zero-order valence-corrected chi connectivity index (χ0v) is 21.6. The molecule has 182 valence electrons. The molecule has 0 saturated carbocycles. The van der Waals surface area contributed by atoms with Gasteiger partial charge in [-0.2, -0.15) is 0 Å². The molecule has 7 nitrogen and oxygen atoms in total. The predicted octanol–water partition coefficient (Wildman–Crippen LogP) is 5.96. The highest BCUT2D eigenvalue weighted by molar-refractivity contribution is 9.10. The largest absolute Gasteiger partial charge is 0.456 e. The van der Waals surface area contributed by atoms with Crippen molar-refractivity contribution in [1.82, 2.24) is 14.9 Å². The zero-order valence-electron chi connectivity index (χ0n) is 20.0. The van der Waals surface area contributed by atoms with Gasteiger partial charge in [-0.1, -0.05) is 58.4 Å². The van der Waals surface area contributed by atoms with Gasteiger partial charge in [-0.3, -0.25) is 4.90 Å². The predicted molar refractivity (Wildman–Crippen MR) is 137 cm³/mol. The van der Waals surface area contributed by atoms with E-state index >= 15 is 0 Å². The van der Waals surface area contributed by atoms with Crippen LogP contribution in [0.2, 0.25) is 0 Å². The van der Waals surface area contributed by atoms with Crippen molar-refractivity contribution in [3.05, 3.63) is 76.2 Å². The quantitative estimate of drug-likeness (QED) is 0.283. The molecule has 0 radical (unpaired) electrons. The van der Waals surface area contributed by atoms with Crippen LogP contribution in [-0.4, -0.2) is 39.1 Å². The van der Waals surface area contributed by atoms with Gasteiger partial charge in [0.15, 0.2) is 5.69 Å². The lowest BCUT2D eigenvalue weighted by Crippen LogP contribution is -2.37. The number of hydrogen-bond acceptors (Lipinski definition) is 5. The fourth-order valence-electron chi connectivity index (χ4n) is 3.20. The highest BCUT2D eigenvalue weighted by Crippen LogP contribution is 2.25. The second-order valence-corrected chi connectivity index (χ2v) is 9.75. The molecular weight excluding hydrogens is 510 g/mol. The summed E-state index contributed by atoms with van der Waals surface area (Å²) in [6, 6.07) is 16.8. The summed E-state index contributed by atoms with van der Waals surface area (Å²) in [6.07, 6.45) is 5.26. The number of carbonyl (C=O) groups is 2. The van der Waals surface area contributed by atoms with Crippen molar-refractivity contribution in [2.45, 2.75) is 45.9 Å². The third kappa shape index (κ3) is 7.72. The molecule has 0 aliphatic rings. The van der Waals surface area contributed by atoms with E-state index in [4.69, 9.17) is 15.9 Å². The summed E-state index contributed by atoms with van der Waals surface area (Å²) in [5, 5.41) is 0. The van der Waals surface area contributed by atoms with E-state index in [1.165, 1.54) is 4.90 Å². The van der Waals surface area contributed by atoms with E-state index in [1.54, 1.807) is 20.8 Å². The number of halogens is 1. The van der Waals surface area contributed by atoms with Gasteiger partial charge in [0.05, 0.1) is 6.54 Å². The Morgan fingerprint density at radius 3 is 2.43 bits per heavy atom. The molecule has 3 rings (SSSR count). The van der Waals surface area contributed by atoms with E-state index in [9.17, 15) is 9.59 Å². The maximum Gasteiger partial charge on any atom is 0.410 e. The maximum absolute atomic E-state index is 13.0. The lowest BCUT2D eigenvalue weighted by atomic mass is 10.1.